The summed E-state index contributed by atoms with van der Waals surface area (Å²) in [6.45, 7) is 0. The van der Waals surface area contributed by atoms with Gasteiger partial charge in [0.1, 0.15) is 6.07 Å². The Morgan fingerprint density at radius 1 is 1.26 bits per heavy atom. The fourth-order valence-corrected chi connectivity index (χ4v) is 2.09. The number of rotatable bonds is 2. The molecule has 0 aliphatic carbocycles. The lowest BCUT2D eigenvalue weighted by molar-refractivity contribution is 0.102. The Bertz CT molecular complexity index is 679. The molecule has 0 spiro atoms. The third kappa shape index (κ3) is 3.34. The van der Waals surface area contributed by atoms with Crippen molar-refractivity contribution >= 4 is 39.1 Å². The van der Waals surface area contributed by atoms with E-state index in [0.29, 0.717) is 21.8 Å². The number of carbonyl (C=O) groups excluding carboxylic acids is 1. The molecule has 3 nitrogen and oxygen atoms in total. The Balaban J connectivity index is 2.29. The first-order valence-electron chi connectivity index (χ1n) is 5.37. The summed E-state index contributed by atoms with van der Waals surface area (Å²) in [5.74, 6) is -0.308. The molecule has 0 radical (unpaired) electrons. The number of benzene rings is 2. The highest BCUT2D eigenvalue weighted by Gasteiger charge is 2.09. The SMILES string of the molecule is N#Cc1ccc(Br)cc1NC(=O)c1cccc(Cl)c1. The highest BCUT2D eigenvalue weighted by molar-refractivity contribution is 9.10. The first-order chi connectivity index (χ1) is 9.10. The lowest BCUT2D eigenvalue weighted by atomic mass is 10.1. The molecule has 0 saturated carbocycles. The summed E-state index contributed by atoms with van der Waals surface area (Å²) in [6, 6.07) is 13.7. The predicted molar refractivity (Wildman–Crippen MR) is 78.3 cm³/mol. The van der Waals surface area contributed by atoms with Crippen LogP contribution in [0.4, 0.5) is 5.69 Å². The topological polar surface area (TPSA) is 52.9 Å². The molecule has 19 heavy (non-hydrogen) atoms. The summed E-state index contributed by atoms with van der Waals surface area (Å²) >= 11 is 9.14. The Hall–Kier alpha value is -1.83. The molecule has 2 aromatic rings. The second kappa shape index (κ2) is 5.87. The second-order valence-electron chi connectivity index (χ2n) is 3.77. The van der Waals surface area contributed by atoms with Gasteiger partial charge in [0.2, 0.25) is 0 Å². The van der Waals surface area contributed by atoms with Crippen LogP contribution in [-0.2, 0) is 0 Å². The van der Waals surface area contributed by atoms with Crippen LogP contribution in [0.5, 0.6) is 0 Å². The predicted octanol–water partition coefficient (Wildman–Crippen LogP) is 4.23. The third-order valence-electron chi connectivity index (χ3n) is 2.44. The molecular weight excluding hydrogens is 328 g/mol. The van der Waals surface area contributed by atoms with Gasteiger partial charge in [-0.3, -0.25) is 4.79 Å². The van der Waals surface area contributed by atoms with Gasteiger partial charge in [-0.05, 0) is 36.4 Å². The van der Waals surface area contributed by atoms with Crippen molar-refractivity contribution in [3.63, 3.8) is 0 Å². The van der Waals surface area contributed by atoms with E-state index in [9.17, 15) is 4.79 Å². The van der Waals surface area contributed by atoms with Gasteiger partial charge in [0.15, 0.2) is 0 Å². The monoisotopic (exact) mass is 334 g/mol. The molecule has 1 N–H and O–H groups in total. The Labute approximate surface area is 123 Å². The smallest absolute Gasteiger partial charge is 0.255 e. The molecule has 0 bridgehead atoms. The Kier molecular flexibility index (Phi) is 4.20. The minimum absolute atomic E-state index is 0.308. The van der Waals surface area contributed by atoms with Gasteiger partial charge in [0, 0.05) is 15.1 Å². The van der Waals surface area contributed by atoms with E-state index in [2.05, 4.69) is 21.2 Å². The van der Waals surface area contributed by atoms with Crippen molar-refractivity contribution in [2.24, 2.45) is 0 Å². The van der Waals surface area contributed by atoms with Gasteiger partial charge in [-0.25, -0.2) is 0 Å². The molecule has 0 atom stereocenters. The molecule has 0 aromatic heterocycles. The van der Waals surface area contributed by atoms with E-state index in [-0.39, 0.29) is 5.91 Å². The zero-order valence-electron chi connectivity index (χ0n) is 9.65. The molecule has 2 aromatic carbocycles. The zero-order chi connectivity index (χ0) is 13.8. The quantitative estimate of drug-likeness (QED) is 0.893. The maximum atomic E-state index is 12.1. The standard InChI is InChI=1S/C14H8BrClN2O/c15-11-5-4-10(8-17)13(7-11)18-14(19)9-2-1-3-12(16)6-9/h1-7H,(H,18,19). The highest BCUT2D eigenvalue weighted by atomic mass is 79.9. The number of nitrogens with zero attached hydrogens (tertiary/aromatic N) is 1. The van der Waals surface area contributed by atoms with Crippen molar-refractivity contribution in [1.82, 2.24) is 0 Å². The summed E-state index contributed by atoms with van der Waals surface area (Å²) in [7, 11) is 0. The van der Waals surface area contributed by atoms with Gasteiger partial charge in [-0.15, -0.1) is 0 Å². The van der Waals surface area contributed by atoms with Crippen molar-refractivity contribution in [3.8, 4) is 6.07 Å². The van der Waals surface area contributed by atoms with Gasteiger partial charge in [-0.1, -0.05) is 33.6 Å². The average Bonchev–Trinajstić information content (AvgIpc) is 2.39. The Morgan fingerprint density at radius 3 is 2.74 bits per heavy atom. The fourth-order valence-electron chi connectivity index (χ4n) is 1.54. The molecule has 2 rings (SSSR count). The second-order valence-corrected chi connectivity index (χ2v) is 5.12. The van der Waals surface area contributed by atoms with E-state index in [1.807, 2.05) is 6.07 Å². The van der Waals surface area contributed by atoms with Crippen LogP contribution in [-0.4, -0.2) is 5.91 Å². The number of hydrogen-bond donors (Lipinski definition) is 1. The minimum Gasteiger partial charge on any atom is -0.321 e. The number of nitrogens with one attached hydrogen (secondary N) is 1. The lowest BCUT2D eigenvalue weighted by Gasteiger charge is -2.07. The van der Waals surface area contributed by atoms with Crippen molar-refractivity contribution in [2.75, 3.05) is 5.32 Å². The van der Waals surface area contributed by atoms with Crippen LogP contribution in [0, 0.1) is 11.3 Å². The van der Waals surface area contributed by atoms with Gasteiger partial charge in [-0.2, -0.15) is 5.26 Å². The van der Waals surface area contributed by atoms with Crippen LogP contribution in [0.15, 0.2) is 46.9 Å². The van der Waals surface area contributed by atoms with E-state index in [4.69, 9.17) is 16.9 Å². The highest BCUT2D eigenvalue weighted by Crippen LogP contribution is 2.22. The average molecular weight is 336 g/mol. The van der Waals surface area contributed by atoms with Crippen LogP contribution >= 0.6 is 27.5 Å². The van der Waals surface area contributed by atoms with E-state index in [0.717, 1.165) is 4.47 Å². The van der Waals surface area contributed by atoms with E-state index in [1.165, 1.54) is 0 Å². The van der Waals surface area contributed by atoms with Crippen LogP contribution in [0.2, 0.25) is 5.02 Å². The van der Waals surface area contributed by atoms with Crippen LogP contribution in [0.3, 0.4) is 0 Å². The van der Waals surface area contributed by atoms with Crippen LogP contribution in [0.25, 0.3) is 0 Å². The van der Waals surface area contributed by atoms with E-state index >= 15 is 0 Å². The van der Waals surface area contributed by atoms with E-state index < -0.39 is 0 Å². The molecule has 0 aliphatic heterocycles. The molecule has 0 aliphatic rings. The van der Waals surface area contributed by atoms with E-state index in [1.54, 1.807) is 42.5 Å². The summed E-state index contributed by atoms with van der Waals surface area (Å²) < 4.78 is 0.785. The minimum atomic E-state index is -0.308. The van der Waals surface area contributed by atoms with Gasteiger partial charge in [0.05, 0.1) is 11.3 Å². The van der Waals surface area contributed by atoms with Crippen LogP contribution < -0.4 is 5.32 Å². The number of halogens is 2. The first kappa shape index (κ1) is 13.6. The lowest BCUT2D eigenvalue weighted by Crippen LogP contribution is -2.12. The molecule has 0 fully saturated rings. The van der Waals surface area contributed by atoms with Crippen molar-refractivity contribution in [1.29, 1.82) is 5.26 Å². The van der Waals surface area contributed by atoms with Gasteiger partial charge >= 0.3 is 0 Å². The maximum absolute atomic E-state index is 12.1. The number of amides is 1. The maximum Gasteiger partial charge on any atom is 0.255 e. The summed E-state index contributed by atoms with van der Waals surface area (Å²) in [6.07, 6.45) is 0. The van der Waals surface area contributed by atoms with Crippen molar-refractivity contribution in [2.45, 2.75) is 0 Å². The van der Waals surface area contributed by atoms with Crippen molar-refractivity contribution < 1.29 is 4.79 Å². The molecule has 1 amide bonds. The number of hydrogen-bond acceptors (Lipinski definition) is 2. The summed E-state index contributed by atoms with van der Waals surface area (Å²) in [4.78, 5) is 12.1. The number of anilines is 1. The molecule has 0 heterocycles. The molecule has 94 valence electrons. The number of nitriles is 1. The summed E-state index contributed by atoms with van der Waals surface area (Å²) in [5, 5.41) is 12.2. The molecule has 5 heteroatoms. The normalized spacial score (nSPS) is 9.74. The Morgan fingerprint density at radius 2 is 2.05 bits per heavy atom. The molecular formula is C14H8BrClN2O. The first-order valence-corrected chi connectivity index (χ1v) is 6.54. The zero-order valence-corrected chi connectivity index (χ0v) is 12.0. The largest absolute Gasteiger partial charge is 0.321 e. The molecule has 0 saturated heterocycles. The fraction of sp³-hybridized carbons (Fsp3) is 0. The van der Waals surface area contributed by atoms with Crippen LogP contribution in [0.1, 0.15) is 15.9 Å². The summed E-state index contributed by atoms with van der Waals surface area (Å²) in [5.41, 5.74) is 1.30. The van der Waals surface area contributed by atoms with Crippen molar-refractivity contribution in [3.05, 3.63) is 63.1 Å². The third-order valence-corrected chi connectivity index (χ3v) is 3.17. The molecule has 0 unspecified atom stereocenters. The van der Waals surface area contributed by atoms with Gasteiger partial charge < -0.3 is 5.32 Å². The van der Waals surface area contributed by atoms with Gasteiger partial charge in [0.25, 0.3) is 5.91 Å². The number of carbonyl (C=O) groups is 1.